The molecule has 0 saturated carbocycles. The predicted molar refractivity (Wildman–Crippen MR) is 199 cm³/mol. The number of benzene rings is 5. The molecule has 3 aliphatic carbocycles. The molecule has 1 heterocycles. The highest BCUT2D eigenvalue weighted by Crippen LogP contribution is 2.44. The van der Waals surface area contributed by atoms with Gasteiger partial charge in [0.15, 0.2) is 0 Å². The van der Waals surface area contributed by atoms with E-state index in [1.807, 2.05) is 0 Å². The van der Waals surface area contributed by atoms with E-state index < -0.39 is 0 Å². The van der Waals surface area contributed by atoms with E-state index >= 15 is 0 Å². The van der Waals surface area contributed by atoms with Gasteiger partial charge in [0, 0.05) is 22.3 Å². The molecule has 0 radical (unpaired) electrons. The molecule has 1 aromatic heterocycles. The van der Waals surface area contributed by atoms with E-state index in [0.29, 0.717) is 5.92 Å². The second-order valence-corrected chi connectivity index (χ2v) is 13.1. The summed E-state index contributed by atoms with van der Waals surface area (Å²) in [6.45, 7) is 2.33. The zero-order valence-corrected chi connectivity index (χ0v) is 26.3. The van der Waals surface area contributed by atoms with E-state index in [-0.39, 0.29) is 0 Å². The first-order valence-corrected chi connectivity index (χ1v) is 16.9. The van der Waals surface area contributed by atoms with Crippen LogP contribution in [0.5, 0.6) is 0 Å². The SMILES string of the molecule is CC1C=Cc2c(n(C3=CCCC=C3)c3cc(-c4cccc(-c5c6ccccc6c(C6=CCCC=C6)c6ccccc56)c4)ccc23)C1. The minimum absolute atomic E-state index is 0.543. The molecule has 1 nitrogen and oxygen atoms in total. The number of fused-ring (bicyclic) bond motifs is 5. The van der Waals surface area contributed by atoms with Crippen LogP contribution in [0.2, 0.25) is 0 Å². The van der Waals surface area contributed by atoms with Crippen molar-refractivity contribution in [3.05, 3.63) is 150 Å². The maximum atomic E-state index is 2.54. The summed E-state index contributed by atoms with van der Waals surface area (Å²) in [6.07, 6.45) is 24.3. The summed E-state index contributed by atoms with van der Waals surface area (Å²) in [4.78, 5) is 0. The van der Waals surface area contributed by atoms with E-state index in [1.54, 1.807) is 0 Å². The van der Waals surface area contributed by atoms with Crippen LogP contribution in [0, 0.1) is 5.92 Å². The van der Waals surface area contributed by atoms with Gasteiger partial charge in [-0.3, -0.25) is 0 Å². The van der Waals surface area contributed by atoms with Crippen molar-refractivity contribution < 1.29 is 0 Å². The lowest BCUT2D eigenvalue weighted by Crippen LogP contribution is -2.09. The maximum Gasteiger partial charge on any atom is 0.0543 e. The number of hydrogen-bond acceptors (Lipinski definition) is 0. The summed E-state index contributed by atoms with van der Waals surface area (Å²) in [5.74, 6) is 0.543. The van der Waals surface area contributed by atoms with Gasteiger partial charge in [-0.15, -0.1) is 0 Å². The largest absolute Gasteiger partial charge is 0.313 e. The van der Waals surface area contributed by atoms with Crippen molar-refractivity contribution in [1.29, 1.82) is 0 Å². The molecular weight excluding hydrogens is 555 g/mol. The Balaban J connectivity index is 1.25. The van der Waals surface area contributed by atoms with Crippen LogP contribution >= 0.6 is 0 Å². The Kier molecular flexibility index (Phi) is 6.52. The molecule has 1 unspecified atom stereocenters. The van der Waals surface area contributed by atoms with Gasteiger partial charge in [0.2, 0.25) is 0 Å². The van der Waals surface area contributed by atoms with Gasteiger partial charge < -0.3 is 4.57 Å². The topological polar surface area (TPSA) is 4.93 Å². The normalized spacial score (nSPS) is 17.5. The van der Waals surface area contributed by atoms with Gasteiger partial charge in [-0.1, -0.05) is 128 Å². The Morgan fingerprint density at radius 2 is 1.24 bits per heavy atom. The molecule has 46 heavy (non-hydrogen) atoms. The van der Waals surface area contributed by atoms with Gasteiger partial charge in [0.1, 0.15) is 0 Å². The number of rotatable bonds is 4. The molecule has 6 aromatic rings. The van der Waals surface area contributed by atoms with Crippen LogP contribution in [0.1, 0.15) is 49.4 Å². The molecule has 1 atom stereocenters. The van der Waals surface area contributed by atoms with Crippen LogP contribution in [0.3, 0.4) is 0 Å². The zero-order valence-electron chi connectivity index (χ0n) is 26.3. The monoisotopic (exact) mass is 591 g/mol. The number of hydrogen-bond donors (Lipinski definition) is 0. The summed E-state index contributed by atoms with van der Waals surface area (Å²) < 4.78 is 2.54. The van der Waals surface area contributed by atoms with Crippen molar-refractivity contribution in [3.63, 3.8) is 0 Å². The summed E-state index contributed by atoms with van der Waals surface area (Å²) >= 11 is 0. The van der Waals surface area contributed by atoms with Crippen LogP contribution < -0.4 is 0 Å². The van der Waals surface area contributed by atoms with Crippen molar-refractivity contribution in [3.8, 4) is 22.3 Å². The summed E-state index contributed by atoms with van der Waals surface area (Å²) in [7, 11) is 0. The highest BCUT2D eigenvalue weighted by molar-refractivity contribution is 6.19. The Labute approximate surface area is 271 Å². The first kappa shape index (κ1) is 27.2. The fraction of sp³-hybridized carbons (Fsp3) is 0.156. The van der Waals surface area contributed by atoms with Crippen LogP contribution in [-0.4, -0.2) is 4.57 Å². The van der Waals surface area contributed by atoms with Crippen molar-refractivity contribution in [2.75, 3.05) is 0 Å². The highest BCUT2D eigenvalue weighted by Gasteiger charge is 2.23. The number of nitrogens with zero attached hydrogens (tertiary/aromatic N) is 1. The molecular formula is C45H37N. The molecule has 0 amide bonds. The average molecular weight is 592 g/mol. The Morgan fingerprint density at radius 1 is 0.565 bits per heavy atom. The van der Waals surface area contributed by atoms with E-state index in [9.17, 15) is 0 Å². The lowest BCUT2D eigenvalue weighted by Gasteiger charge is -2.19. The lowest BCUT2D eigenvalue weighted by molar-refractivity contribution is 0.692. The third kappa shape index (κ3) is 4.37. The van der Waals surface area contributed by atoms with Crippen LogP contribution in [0.4, 0.5) is 0 Å². The second kappa shape index (κ2) is 11.0. The molecule has 0 N–H and O–H groups in total. The third-order valence-electron chi connectivity index (χ3n) is 10.1. The molecule has 1 heteroatoms. The van der Waals surface area contributed by atoms with E-state index in [1.165, 1.54) is 82.8 Å². The van der Waals surface area contributed by atoms with Crippen LogP contribution in [0.15, 0.2) is 134 Å². The quantitative estimate of drug-likeness (QED) is 0.180. The molecule has 9 rings (SSSR count). The first-order valence-electron chi connectivity index (χ1n) is 16.9. The van der Waals surface area contributed by atoms with E-state index in [0.717, 1.165) is 32.1 Å². The summed E-state index contributed by atoms with van der Waals surface area (Å²) in [6, 6.07) is 34.3. The molecule has 0 saturated heterocycles. The van der Waals surface area contributed by atoms with Crippen molar-refractivity contribution in [2.24, 2.45) is 5.92 Å². The van der Waals surface area contributed by atoms with Gasteiger partial charge in [-0.2, -0.15) is 0 Å². The Bertz CT molecular complexity index is 2290. The van der Waals surface area contributed by atoms with Gasteiger partial charge in [-0.05, 0) is 111 Å². The average Bonchev–Trinajstić information content (AvgIpc) is 3.43. The molecule has 222 valence electrons. The Hall–Kier alpha value is -5.14. The maximum absolute atomic E-state index is 2.54. The van der Waals surface area contributed by atoms with Crippen molar-refractivity contribution in [1.82, 2.24) is 4.57 Å². The minimum Gasteiger partial charge on any atom is -0.313 e. The summed E-state index contributed by atoms with van der Waals surface area (Å²) in [5.41, 5.74) is 13.2. The molecule has 0 aliphatic heterocycles. The smallest absolute Gasteiger partial charge is 0.0543 e. The standard InChI is InChI=1S/C45H37N/c1-30-23-25-36-37-26-24-33(29-43(37)46(42(36)27-30)35-17-6-3-7-18-35)32-15-12-16-34(28-32)45-40-21-10-8-19-38(40)44(31-13-4-2-5-14-31)39-20-9-11-22-41(39)45/h4,6,8-26,28-30H,2-3,5,7,27H2,1H3. The van der Waals surface area contributed by atoms with Crippen molar-refractivity contribution in [2.45, 2.75) is 39.0 Å². The van der Waals surface area contributed by atoms with E-state index in [4.69, 9.17) is 0 Å². The zero-order chi connectivity index (χ0) is 30.6. The first-order chi connectivity index (χ1) is 22.7. The number of aromatic nitrogens is 1. The lowest BCUT2D eigenvalue weighted by atomic mass is 9.84. The fourth-order valence-corrected chi connectivity index (χ4v) is 8.03. The van der Waals surface area contributed by atoms with Gasteiger partial charge in [-0.25, -0.2) is 0 Å². The van der Waals surface area contributed by atoms with E-state index in [2.05, 4.69) is 151 Å². The van der Waals surface area contributed by atoms with Crippen molar-refractivity contribution >= 4 is 49.8 Å². The molecule has 0 bridgehead atoms. The van der Waals surface area contributed by atoms with Gasteiger partial charge in [0.25, 0.3) is 0 Å². The summed E-state index contributed by atoms with van der Waals surface area (Å²) in [5, 5.41) is 6.60. The third-order valence-corrected chi connectivity index (χ3v) is 10.1. The van der Waals surface area contributed by atoms with Crippen LogP contribution in [-0.2, 0) is 6.42 Å². The molecule has 0 fully saturated rings. The van der Waals surface area contributed by atoms with Crippen LogP contribution in [0.25, 0.3) is 72.0 Å². The fourth-order valence-electron chi connectivity index (χ4n) is 8.03. The minimum atomic E-state index is 0.543. The molecule has 3 aliphatic rings. The molecule has 5 aromatic carbocycles. The second-order valence-electron chi connectivity index (χ2n) is 13.1. The predicted octanol–water partition coefficient (Wildman–Crippen LogP) is 12.4. The van der Waals surface area contributed by atoms with Gasteiger partial charge in [0.05, 0.1) is 5.52 Å². The Morgan fingerprint density at radius 3 is 1.93 bits per heavy atom. The molecule has 0 spiro atoms. The highest BCUT2D eigenvalue weighted by atomic mass is 15.0. The van der Waals surface area contributed by atoms with Gasteiger partial charge >= 0.3 is 0 Å². The number of allylic oxidation sites excluding steroid dienone is 9.